The van der Waals surface area contributed by atoms with Crippen molar-refractivity contribution in [1.82, 2.24) is 10.2 Å². The van der Waals surface area contributed by atoms with Crippen LogP contribution in [-0.2, 0) is 0 Å². The number of hydrogen-bond donors (Lipinski definition) is 1. The lowest BCUT2D eigenvalue weighted by molar-refractivity contribution is 0.102. The summed E-state index contributed by atoms with van der Waals surface area (Å²) < 4.78 is 6.01. The highest BCUT2D eigenvalue weighted by Crippen LogP contribution is 2.34. The summed E-state index contributed by atoms with van der Waals surface area (Å²) in [5.74, 6) is 1.46. The number of carbonyl (C=O) groups is 1. The Hall–Kier alpha value is -3.44. The predicted octanol–water partition coefficient (Wildman–Crippen LogP) is 5.89. The van der Waals surface area contributed by atoms with Gasteiger partial charge in [0.1, 0.15) is 11.5 Å². The number of ketones is 1. The van der Waals surface area contributed by atoms with E-state index in [2.05, 4.69) is 5.32 Å². The molecule has 1 atom stereocenters. The van der Waals surface area contributed by atoms with Gasteiger partial charge in [0.05, 0.1) is 6.04 Å². The number of hydrogen-bond acceptors (Lipinski definition) is 3. The minimum atomic E-state index is -0.359. The normalized spacial score (nSPS) is 16.1. The van der Waals surface area contributed by atoms with E-state index in [1.165, 1.54) is 0 Å². The van der Waals surface area contributed by atoms with Gasteiger partial charge in [0.25, 0.3) is 0 Å². The minimum absolute atomic E-state index is 0.00840. The van der Waals surface area contributed by atoms with Gasteiger partial charge in [0.2, 0.25) is 0 Å². The Labute approximate surface area is 188 Å². The number of para-hydroxylation sites is 1. The van der Waals surface area contributed by atoms with E-state index in [1.54, 1.807) is 0 Å². The second-order valence-electron chi connectivity index (χ2n) is 7.31. The standard InChI is InChI=1S/C26H24N2O2S/c1-3-28-18(2)23(25(29)19-11-6-4-7-12-19)24(27-26(28)31)20-13-10-16-22(17-20)30-21-14-8-5-9-15-21/h4-17,24H,3H2,1-2H3,(H,27,31). The molecular weight excluding hydrogens is 404 g/mol. The van der Waals surface area contributed by atoms with E-state index < -0.39 is 0 Å². The van der Waals surface area contributed by atoms with Crippen LogP contribution in [0.3, 0.4) is 0 Å². The maximum atomic E-state index is 13.5. The molecule has 0 bridgehead atoms. The van der Waals surface area contributed by atoms with Gasteiger partial charge in [-0.15, -0.1) is 0 Å². The third-order valence-corrected chi connectivity index (χ3v) is 5.70. The maximum Gasteiger partial charge on any atom is 0.193 e. The largest absolute Gasteiger partial charge is 0.457 e. The topological polar surface area (TPSA) is 41.6 Å². The van der Waals surface area contributed by atoms with Crippen molar-refractivity contribution >= 4 is 23.1 Å². The number of Topliss-reactive ketones (excluding diaryl/α,β-unsaturated/α-hetero) is 1. The number of benzene rings is 3. The smallest absolute Gasteiger partial charge is 0.193 e. The van der Waals surface area contributed by atoms with Gasteiger partial charge in [0, 0.05) is 23.4 Å². The van der Waals surface area contributed by atoms with Crippen molar-refractivity contribution in [2.45, 2.75) is 19.9 Å². The summed E-state index contributed by atoms with van der Waals surface area (Å²) >= 11 is 5.61. The Morgan fingerprint density at radius 3 is 2.29 bits per heavy atom. The first-order chi connectivity index (χ1) is 15.1. The molecule has 0 radical (unpaired) electrons. The molecule has 1 aliphatic heterocycles. The highest BCUT2D eigenvalue weighted by Gasteiger charge is 2.33. The van der Waals surface area contributed by atoms with Gasteiger partial charge in [-0.25, -0.2) is 0 Å². The fourth-order valence-electron chi connectivity index (χ4n) is 3.83. The number of allylic oxidation sites excluding steroid dienone is 1. The first kappa shape index (κ1) is 20.8. The molecule has 0 aromatic heterocycles. The first-order valence-corrected chi connectivity index (χ1v) is 10.7. The quantitative estimate of drug-likeness (QED) is 0.392. The average Bonchev–Trinajstić information content (AvgIpc) is 2.80. The Balaban J connectivity index is 1.75. The van der Waals surface area contributed by atoms with Crippen LogP contribution in [0, 0.1) is 0 Å². The van der Waals surface area contributed by atoms with Crippen LogP contribution in [0.1, 0.15) is 35.8 Å². The van der Waals surface area contributed by atoms with Crippen molar-refractivity contribution in [2.24, 2.45) is 0 Å². The van der Waals surface area contributed by atoms with E-state index in [9.17, 15) is 4.79 Å². The lowest BCUT2D eigenvalue weighted by atomic mass is 9.89. The summed E-state index contributed by atoms with van der Waals surface area (Å²) in [5, 5.41) is 3.99. The first-order valence-electron chi connectivity index (χ1n) is 10.3. The fourth-order valence-corrected chi connectivity index (χ4v) is 4.22. The molecule has 0 aliphatic carbocycles. The third kappa shape index (κ3) is 4.37. The van der Waals surface area contributed by atoms with Gasteiger partial charge in [-0.2, -0.15) is 0 Å². The number of carbonyl (C=O) groups excluding carboxylic acids is 1. The minimum Gasteiger partial charge on any atom is -0.457 e. The number of nitrogens with one attached hydrogen (secondary N) is 1. The second-order valence-corrected chi connectivity index (χ2v) is 7.70. The van der Waals surface area contributed by atoms with Gasteiger partial charge in [-0.3, -0.25) is 4.79 Å². The van der Waals surface area contributed by atoms with Gasteiger partial charge < -0.3 is 15.0 Å². The Morgan fingerprint density at radius 1 is 0.968 bits per heavy atom. The summed E-state index contributed by atoms with van der Waals surface area (Å²) in [6.45, 7) is 4.67. The summed E-state index contributed by atoms with van der Waals surface area (Å²) in [7, 11) is 0. The molecule has 5 heteroatoms. The van der Waals surface area contributed by atoms with E-state index >= 15 is 0 Å². The Kier molecular flexibility index (Phi) is 6.14. The van der Waals surface area contributed by atoms with E-state index in [0.29, 0.717) is 28.5 Å². The molecule has 3 aromatic carbocycles. The number of rotatable bonds is 6. The molecule has 156 valence electrons. The van der Waals surface area contributed by atoms with Crippen LogP contribution in [0.2, 0.25) is 0 Å². The molecule has 4 rings (SSSR count). The van der Waals surface area contributed by atoms with Crippen molar-refractivity contribution < 1.29 is 9.53 Å². The van der Waals surface area contributed by atoms with Crippen molar-refractivity contribution in [3.8, 4) is 11.5 Å². The molecule has 0 fully saturated rings. The zero-order valence-corrected chi connectivity index (χ0v) is 18.4. The number of ether oxygens (including phenoxy) is 1. The molecule has 0 saturated carbocycles. The highest BCUT2D eigenvalue weighted by atomic mass is 32.1. The molecule has 1 unspecified atom stereocenters. The van der Waals surface area contributed by atoms with Crippen LogP contribution in [0.25, 0.3) is 0 Å². The van der Waals surface area contributed by atoms with Gasteiger partial charge in [-0.05, 0) is 55.9 Å². The molecule has 1 aliphatic rings. The average molecular weight is 429 g/mol. The summed E-state index contributed by atoms with van der Waals surface area (Å²) in [5.41, 5.74) is 3.15. The molecule has 3 aromatic rings. The lowest BCUT2D eigenvalue weighted by Crippen LogP contribution is -2.47. The summed E-state index contributed by atoms with van der Waals surface area (Å²) in [6, 6.07) is 26.4. The van der Waals surface area contributed by atoms with E-state index in [4.69, 9.17) is 17.0 Å². The summed E-state index contributed by atoms with van der Waals surface area (Å²) in [6.07, 6.45) is 0. The predicted molar refractivity (Wildman–Crippen MR) is 127 cm³/mol. The molecule has 4 nitrogen and oxygen atoms in total. The Bertz CT molecular complexity index is 1130. The highest BCUT2D eigenvalue weighted by molar-refractivity contribution is 7.80. The zero-order chi connectivity index (χ0) is 21.8. The second kappa shape index (κ2) is 9.14. The fraction of sp³-hybridized carbons (Fsp3) is 0.154. The molecule has 0 saturated heterocycles. The zero-order valence-electron chi connectivity index (χ0n) is 17.5. The molecule has 31 heavy (non-hydrogen) atoms. The number of thiocarbonyl (C=S) groups is 1. The van der Waals surface area contributed by atoms with E-state index in [0.717, 1.165) is 17.0 Å². The monoisotopic (exact) mass is 428 g/mol. The van der Waals surface area contributed by atoms with Crippen molar-refractivity contribution in [1.29, 1.82) is 0 Å². The van der Waals surface area contributed by atoms with Crippen LogP contribution in [-0.4, -0.2) is 22.3 Å². The van der Waals surface area contributed by atoms with Crippen LogP contribution < -0.4 is 10.1 Å². The van der Waals surface area contributed by atoms with Crippen molar-refractivity contribution in [2.75, 3.05) is 6.54 Å². The van der Waals surface area contributed by atoms with Gasteiger partial charge in [-0.1, -0.05) is 60.7 Å². The molecule has 0 amide bonds. The van der Waals surface area contributed by atoms with E-state index in [1.807, 2.05) is 104 Å². The third-order valence-electron chi connectivity index (χ3n) is 5.36. The van der Waals surface area contributed by atoms with Crippen LogP contribution in [0.4, 0.5) is 0 Å². The lowest BCUT2D eigenvalue weighted by Gasteiger charge is -2.37. The van der Waals surface area contributed by atoms with Crippen LogP contribution in [0.15, 0.2) is 96.2 Å². The van der Waals surface area contributed by atoms with E-state index in [-0.39, 0.29) is 11.8 Å². The molecule has 0 spiro atoms. The van der Waals surface area contributed by atoms with Gasteiger partial charge >= 0.3 is 0 Å². The van der Waals surface area contributed by atoms with Crippen LogP contribution in [0.5, 0.6) is 11.5 Å². The molecule has 1 heterocycles. The Morgan fingerprint density at radius 2 is 1.61 bits per heavy atom. The SMILES string of the molecule is CCN1C(=S)NC(c2cccc(Oc3ccccc3)c2)C(C(=O)c2ccccc2)=C1C. The molecule has 1 N–H and O–H groups in total. The van der Waals surface area contributed by atoms with Crippen molar-refractivity contribution in [3.05, 3.63) is 107 Å². The van der Waals surface area contributed by atoms with Crippen molar-refractivity contribution in [3.63, 3.8) is 0 Å². The van der Waals surface area contributed by atoms with Gasteiger partial charge in [0.15, 0.2) is 10.9 Å². The summed E-state index contributed by atoms with van der Waals surface area (Å²) in [4.78, 5) is 15.5. The molecular formula is C26H24N2O2S. The van der Waals surface area contributed by atoms with Crippen LogP contribution >= 0.6 is 12.2 Å². The number of nitrogens with zero attached hydrogens (tertiary/aromatic N) is 1. The maximum absolute atomic E-state index is 13.5.